The van der Waals surface area contributed by atoms with Crippen molar-refractivity contribution in [1.29, 1.82) is 0 Å². The van der Waals surface area contributed by atoms with Crippen LogP contribution in [0.5, 0.6) is 0 Å². The summed E-state index contributed by atoms with van der Waals surface area (Å²) in [5, 5.41) is 17.6. The lowest BCUT2D eigenvalue weighted by Gasteiger charge is -1.98. The summed E-state index contributed by atoms with van der Waals surface area (Å²) < 4.78 is 0. The number of ketones is 2. The van der Waals surface area contributed by atoms with Crippen molar-refractivity contribution in [3.05, 3.63) is 46.5 Å². The normalized spacial score (nSPS) is 13.4. The molecule has 0 aliphatic heterocycles. The number of hydrogen-bond donors (Lipinski definition) is 2. The summed E-state index contributed by atoms with van der Waals surface area (Å²) in [6.45, 7) is 0. The monoisotopic (exact) mass is 246 g/mol. The number of hydrogen-bond acceptors (Lipinski definition) is 4. The number of aliphatic carboxylic acids is 2. The lowest BCUT2D eigenvalue weighted by Crippen LogP contribution is -2.19. The minimum Gasteiger partial charge on any atom is -0.477 e. The number of fused-ring (bicyclic) bond motifs is 1. The average Bonchev–Trinajstić information content (AvgIpc) is 2.55. The third-order valence-corrected chi connectivity index (χ3v) is 2.55. The zero-order valence-corrected chi connectivity index (χ0v) is 8.84. The summed E-state index contributed by atoms with van der Waals surface area (Å²) in [4.78, 5) is 45.4. The highest BCUT2D eigenvalue weighted by Gasteiger charge is 2.39. The molecule has 0 bridgehead atoms. The van der Waals surface area contributed by atoms with Gasteiger partial charge in [-0.2, -0.15) is 0 Å². The average molecular weight is 246 g/mol. The van der Waals surface area contributed by atoms with Gasteiger partial charge in [-0.1, -0.05) is 24.3 Å². The zero-order chi connectivity index (χ0) is 13.4. The largest absolute Gasteiger partial charge is 0.477 e. The fraction of sp³-hybridized carbons (Fsp3) is 0. The predicted octanol–water partition coefficient (Wildman–Crippen LogP) is 0.531. The molecular weight excluding hydrogens is 240 g/mol. The molecule has 0 fully saturated rings. The van der Waals surface area contributed by atoms with Crippen molar-refractivity contribution in [2.24, 2.45) is 0 Å². The summed E-state index contributed by atoms with van der Waals surface area (Å²) in [6, 6.07) is 5.72. The Kier molecular flexibility index (Phi) is 2.55. The molecule has 6 nitrogen and oxygen atoms in total. The van der Waals surface area contributed by atoms with E-state index in [4.69, 9.17) is 10.2 Å². The first-order valence-corrected chi connectivity index (χ1v) is 4.84. The van der Waals surface area contributed by atoms with E-state index in [-0.39, 0.29) is 11.1 Å². The molecule has 0 amide bonds. The van der Waals surface area contributed by atoms with E-state index in [1.807, 2.05) is 0 Å². The number of Topliss-reactive ketones (excluding diaryl/α,β-unsaturated/α-hetero) is 2. The fourth-order valence-electron chi connectivity index (χ4n) is 1.78. The van der Waals surface area contributed by atoms with E-state index in [1.54, 1.807) is 0 Å². The van der Waals surface area contributed by atoms with Crippen molar-refractivity contribution in [3.63, 3.8) is 0 Å². The fourth-order valence-corrected chi connectivity index (χ4v) is 1.78. The van der Waals surface area contributed by atoms with Crippen molar-refractivity contribution in [3.8, 4) is 0 Å². The van der Waals surface area contributed by atoms with Crippen LogP contribution in [0, 0.1) is 0 Å². The van der Waals surface area contributed by atoms with Crippen LogP contribution in [-0.2, 0) is 9.59 Å². The number of carboxylic acid groups (broad SMARTS) is 2. The van der Waals surface area contributed by atoms with Crippen molar-refractivity contribution in [2.75, 3.05) is 0 Å². The van der Waals surface area contributed by atoms with Gasteiger partial charge in [-0.15, -0.1) is 0 Å². The molecule has 1 aromatic carbocycles. The number of carbonyl (C=O) groups excluding carboxylic acids is 2. The molecule has 18 heavy (non-hydrogen) atoms. The minimum absolute atomic E-state index is 0.0255. The first kappa shape index (κ1) is 11.7. The molecule has 1 aliphatic carbocycles. The molecule has 6 heteroatoms. The van der Waals surface area contributed by atoms with Gasteiger partial charge in [-0.3, -0.25) is 9.59 Å². The summed E-state index contributed by atoms with van der Waals surface area (Å²) in [5.74, 6) is -5.36. The molecule has 0 atom stereocenters. The van der Waals surface area contributed by atoms with Gasteiger partial charge in [-0.25, -0.2) is 9.59 Å². The third kappa shape index (κ3) is 1.51. The third-order valence-electron chi connectivity index (χ3n) is 2.55. The Morgan fingerprint density at radius 1 is 0.833 bits per heavy atom. The molecule has 0 radical (unpaired) electrons. The van der Waals surface area contributed by atoms with Gasteiger partial charge in [-0.05, 0) is 0 Å². The highest BCUT2D eigenvalue weighted by Crippen LogP contribution is 2.28. The van der Waals surface area contributed by atoms with Gasteiger partial charge in [0.2, 0.25) is 0 Å². The van der Waals surface area contributed by atoms with Gasteiger partial charge in [0.1, 0.15) is 0 Å². The van der Waals surface area contributed by atoms with E-state index in [9.17, 15) is 19.2 Å². The van der Waals surface area contributed by atoms with Gasteiger partial charge in [0.25, 0.3) is 0 Å². The Balaban J connectivity index is 2.75. The highest BCUT2D eigenvalue weighted by atomic mass is 16.4. The van der Waals surface area contributed by atoms with Crippen LogP contribution in [0.1, 0.15) is 20.7 Å². The molecular formula is C12H6O6. The standard InChI is InChI=1S/C12H6O6/c13-9-5-3-1-2-4-6(5)10(14)7(9)8(11(15)16)12(17)18/h1-4H,(H,15,16)(H,17,18). The molecule has 0 spiro atoms. The number of rotatable bonds is 2. The quantitative estimate of drug-likeness (QED) is 0.447. The van der Waals surface area contributed by atoms with Crippen molar-refractivity contribution in [2.45, 2.75) is 0 Å². The maximum Gasteiger partial charge on any atom is 0.344 e. The van der Waals surface area contributed by atoms with Crippen LogP contribution in [0.3, 0.4) is 0 Å². The van der Waals surface area contributed by atoms with Crippen LogP contribution in [0.2, 0.25) is 0 Å². The summed E-state index contributed by atoms with van der Waals surface area (Å²) in [5.41, 5.74) is -1.94. The number of carboxylic acids is 2. The maximum atomic E-state index is 11.9. The van der Waals surface area contributed by atoms with Gasteiger partial charge in [0.15, 0.2) is 17.1 Å². The second-order valence-electron chi connectivity index (χ2n) is 3.56. The van der Waals surface area contributed by atoms with E-state index >= 15 is 0 Å². The van der Waals surface area contributed by atoms with E-state index in [2.05, 4.69) is 0 Å². The molecule has 0 heterocycles. The van der Waals surface area contributed by atoms with E-state index in [1.165, 1.54) is 24.3 Å². The summed E-state index contributed by atoms with van der Waals surface area (Å²) in [6.07, 6.45) is 0. The highest BCUT2D eigenvalue weighted by molar-refractivity contribution is 6.43. The molecule has 1 aliphatic rings. The molecule has 0 aromatic heterocycles. The Bertz CT molecular complexity index is 585. The first-order chi connectivity index (χ1) is 8.45. The SMILES string of the molecule is O=C(O)C(C(=O)O)=C1C(=O)c2ccccc2C1=O. The van der Waals surface area contributed by atoms with Crippen molar-refractivity contribution < 1.29 is 29.4 Å². The molecule has 0 saturated heterocycles. The van der Waals surface area contributed by atoms with Gasteiger partial charge >= 0.3 is 11.9 Å². The summed E-state index contributed by atoms with van der Waals surface area (Å²) >= 11 is 0. The lowest BCUT2D eigenvalue weighted by molar-refractivity contribution is -0.140. The Morgan fingerprint density at radius 2 is 1.22 bits per heavy atom. The zero-order valence-electron chi connectivity index (χ0n) is 8.84. The van der Waals surface area contributed by atoms with E-state index in [0.717, 1.165) is 0 Å². The van der Waals surface area contributed by atoms with Crippen LogP contribution in [0.25, 0.3) is 0 Å². The van der Waals surface area contributed by atoms with Gasteiger partial charge < -0.3 is 10.2 Å². The van der Waals surface area contributed by atoms with E-state index < -0.39 is 34.7 Å². The van der Waals surface area contributed by atoms with Crippen molar-refractivity contribution >= 4 is 23.5 Å². The smallest absolute Gasteiger partial charge is 0.344 e. The van der Waals surface area contributed by atoms with Crippen LogP contribution >= 0.6 is 0 Å². The minimum atomic E-state index is -1.81. The molecule has 0 saturated carbocycles. The first-order valence-electron chi connectivity index (χ1n) is 4.84. The Morgan fingerprint density at radius 3 is 1.56 bits per heavy atom. The Labute approximate surface area is 100 Å². The predicted molar refractivity (Wildman–Crippen MR) is 57.4 cm³/mol. The van der Waals surface area contributed by atoms with Gasteiger partial charge in [0, 0.05) is 11.1 Å². The van der Waals surface area contributed by atoms with Crippen molar-refractivity contribution in [1.82, 2.24) is 0 Å². The number of carbonyl (C=O) groups is 4. The second kappa shape index (κ2) is 3.92. The lowest BCUT2D eigenvalue weighted by atomic mass is 10.0. The maximum absolute atomic E-state index is 11.9. The number of benzene rings is 1. The van der Waals surface area contributed by atoms with Crippen LogP contribution in [0.4, 0.5) is 0 Å². The molecule has 1 aromatic rings. The van der Waals surface area contributed by atoms with Crippen LogP contribution in [0.15, 0.2) is 35.4 Å². The Hall–Kier alpha value is -2.76. The summed E-state index contributed by atoms with van der Waals surface area (Å²) in [7, 11) is 0. The topological polar surface area (TPSA) is 109 Å². The molecule has 0 unspecified atom stereocenters. The molecule has 2 rings (SSSR count). The van der Waals surface area contributed by atoms with Crippen LogP contribution in [-0.4, -0.2) is 33.7 Å². The van der Waals surface area contributed by atoms with E-state index in [0.29, 0.717) is 0 Å². The number of allylic oxidation sites excluding steroid dienone is 1. The second-order valence-corrected chi connectivity index (χ2v) is 3.56. The molecule has 2 N–H and O–H groups in total. The van der Waals surface area contributed by atoms with Gasteiger partial charge in [0.05, 0.1) is 5.57 Å². The van der Waals surface area contributed by atoms with Crippen LogP contribution < -0.4 is 0 Å². The molecule has 90 valence electrons.